The Labute approximate surface area is 146 Å². The number of ether oxygens (including phenoxy) is 2. The fraction of sp³-hybridized carbons (Fsp3) is 0.588. The van der Waals surface area contributed by atoms with E-state index in [9.17, 15) is 0 Å². The van der Waals surface area contributed by atoms with Crippen LogP contribution in [0.4, 0.5) is 0 Å². The van der Waals surface area contributed by atoms with Crippen LogP contribution in [0, 0.1) is 0 Å². The number of rotatable bonds is 3. The Kier molecular flexibility index (Phi) is 5.91. The van der Waals surface area contributed by atoms with Crippen LogP contribution >= 0.6 is 15.9 Å². The zero-order valence-electron chi connectivity index (χ0n) is 13.5. The van der Waals surface area contributed by atoms with Crippen LogP contribution in [-0.2, 0) is 16.0 Å². The smallest absolute Gasteiger partial charge is 0.194 e. The summed E-state index contributed by atoms with van der Waals surface area (Å²) >= 11 is 3.51. The summed E-state index contributed by atoms with van der Waals surface area (Å²) in [6.45, 7) is 4.04. The highest BCUT2D eigenvalue weighted by Crippen LogP contribution is 2.21. The summed E-state index contributed by atoms with van der Waals surface area (Å²) in [6.07, 6.45) is 2.62. The number of aliphatic imine (C=N–C) groups is 1. The van der Waals surface area contributed by atoms with Gasteiger partial charge in [0.1, 0.15) is 6.10 Å². The molecular weight excluding hydrogens is 358 g/mol. The molecule has 2 unspecified atom stereocenters. The molecule has 2 atom stereocenters. The second kappa shape index (κ2) is 8.13. The molecular formula is C17H24BrN3O2. The summed E-state index contributed by atoms with van der Waals surface area (Å²) in [7, 11) is 1.83. The SMILES string of the molecule is CN=C(NCc1cccc(Br)c1)N1CCOC(C2CCCO2)C1. The standard InChI is InChI=1S/C17H24BrN3O2/c1-19-17(20-11-13-4-2-5-14(18)10-13)21-7-9-23-16(12-21)15-6-3-8-22-15/h2,4-5,10,15-16H,3,6-9,11-12H2,1H3,(H,19,20). The molecule has 0 bridgehead atoms. The molecule has 2 aliphatic heterocycles. The van der Waals surface area contributed by atoms with Crippen molar-refractivity contribution < 1.29 is 9.47 Å². The van der Waals surface area contributed by atoms with Gasteiger partial charge in [0.25, 0.3) is 0 Å². The van der Waals surface area contributed by atoms with E-state index in [0.717, 1.165) is 56.1 Å². The minimum Gasteiger partial charge on any atom is -0.375 e. The first-order valence-corrected chi connectivity index (χ1v) is 8.99. The summed E-state index contributed by atoms with van der Waals surface area (Å²) < 4.78 is 12.8. The van der Waals surface area contributed by atoms with Gasteiger partial charge in [-0.25, -0.2) is 0 Å². The molecule has 0 spiro atoms. The van der Waals surface area contributed by atoms with E-state index in [4.69, 9.17) is 9.47 Å². The summed E-state index contributed by atoms with van der Waals surface area (Å²) in [5, 5.41) is 3.45. The molecule has 2 fully saturated rings. The van der Waals surface area contributed by atoms with Crippen molar-refractivity contribution in [2.45, 2.75) is 31.6 Å². The lowest BCUT2D eigenvalue weighted by Gasteiger charge is -2.37. The van der Waals surface area contributed by atoms with Crippen LogP contribution in [0.5, 0.6) is 0 Å². The second-order valence-corrected chi connectivity index (χ2v) is 6.85. The van der Waals surface area contributed by atoms with E-state index < -0.39 is 0 Å². The third-order valence-corrected chi connectivity index (χ3v) is 4.82. The van der Waals surface area contributed by atoms with E-state index in [1.807, 2.05) is 19.2 Å². The monoisotopic (exact) mass is 381 g/mol. The number of halogens is 1. The first kappa shape index (κ1) is 16.7. The molecule has 3 rings (SSSR count). The van der Waals surface area contributed by atoms with Crippen LogP contribution in [0.1, 0.15) is 18.4 Å². The highest BCUT2D eigenvalue weighted by atomic mass is 79.9. The summed E-state index contributed by atoms with van der Waals surface area (Å²) in [5.74, 6) is 0.927. The number of nitrogens with zero attached hydrogens (tertiary/aromatic N) is 2. The van der Waals surface area contributed by atoms with Crippen molar-refractivity contribution in [3.8, 4) is 0 Å². The molecule has 5 nitrogen and oxygen atoms in total. The Morgan fingerprint density at radius 1 is 1.35 bits per heavy atom. The molecule has 1 aromatic rings. The van der Waals surface area contributed by atoms with Crippen LogP contribution in [0.25, 0.3) is 0 Å². The van der Waals surface area contributed by atoms with Crippen LogP contribution in [0.2, 0.25) is 0 Å². The highest BCUT2D eigenvalue weighted by molar-refractivity contribution is 9.10. The lowest BCUT2D eigenvalue weighted by atomic mass is 10.1. The zero-order valence-corrected chi connectivity index (χ0v) is 15.1. The number of nitrogens with one attached hydrogen (secondary N) is 1. The first-order valence-electron chi connectivity index (χ1n) is 8.19. The quantitative estimate of drug-likeness (QED) is 0.644. The van der Waals surface area contributed by atoms with Crippen LogP contribution in [0.3, 0.4) is 0 Å². The minimum atomic E-state index is 0.149. The van der Waals surface area contributed by atoms with Gasteiger partial charge in [0, 0.05) is 37.8 Å². The molecule has 1 N–H and O–H groups in total. The van der Waals surface area contributed by atoms with Crippen molar-refractivity contribution in [2.24, 2.45) is 4.99 Å². The van der Waals surface area contributed by atoms with Crippen molar-refractivity contribution in [1.82, 2.24) is 10.2 Å². The first-order chi connectivity index (χ1) is 11.3. The molecule has 0 saturated carbocycles. The summed E-state index contributed by atoms with van der Waals surface area (Å²) in [6, 6.07) is 8.31. The van der Waals surface area contributed by atoms with Crippen molar-refractivity contribution in [2.75, 3.05) is 33.4 Å². The predicted octanol–water partition coefficient (Wildman–Crippen LogP) is 2.40. The third kappa shape index (κ3) is 4.46. The maximum Gasteiger partial charge on any atom is 0.194 e. The van der Waals surface area contributed by atoms with Gasteiger partial charge in [-0.05, 0) is 30.5 Å². The molecule has 6 heteroatoms. The van der Waals surface area contributed by atoms with E-state index in [1.54, 1.807) is 0 Å². The molecule has 0 aliphatic carbocycles. The number of benzene rings is 1. The average Bonchev–Trinajstić information content (AvgIpc) is 3.10. The average molecular weight is 382 g/mol. The van der Waals surface area contributed by atoms with Crippen molar-refractivity contribution in [3.63, 3.8) is 0 Å². The Morgan fingerprint density at radius 3 is 2.96 bits per heavy atom. The van der Waals surface area contributed by atoms with Gasteiger partial charge in [0.2, 0.25) is 0 Å². The van der Waals surface area contributed by atoms with Crippen LogP contribution in [-0.4, -0.2) is 56.4 Å². The Balaban J connectivity index is 1.57. The number of hydrogen-bond acceptors (Lipinski definition) is 3. The minimum absolute atomic E-state index is 0.149. The second-order valence-electron chi connectivity index (χ2n) is 5.94. The number of guanidine groups is 1. The zero-order chi connectivity index (χ0) is 16.1. The fourth-order valence-corrected chi connectivity index (χ4v) is 3.60. The molecule has 23 heavy (non-hydrogen) atoms. The largest absolute Gasteiger partial charge is 0.375 e. The number of hydrogen-bond donors (Lipinski definition) is 1. The van der Waals surface area contributed by atoms with E-state index in [2.05, 4.69) is 43.3 Å². The van der Waals surface area contributed by atoms with Crippen molar-refractivity contribution in [3.05, 3.63) is 34.3 Å². The van der Waals surface area contributed by atoms with Gasteiger partial charge in [0.15, 0.2) is 5.96 Å². The van der Waals surface area contributed by atoms with Gasteiger partial charge < -0.3 is 19.7 Å². The van der Waals surface area contributed by atoms with Crippen LogP contribution < -0.4 is 5.32 Å². The van der Waals surface area contributed by atoms with Gasteiger partial charge >= 0.3 is 0 Å². The molecule has 0 aromatic heterocycles. The molecule has 2 heterocycles. The molecule has 2 saturated heterocycles. The predicted molar refractivity (Wildman–Crippen MR) is 94.6 cm³/mol. The highest BCUT2D eigenvalue weighted by Gasteiger charge is 2.32. The third-order valence-electron chi connectivity index (χ3n) is 4.32. The van der Waals surface area contributed by atoms with Crippen LogP contribution in [0.15, 0.2) is 33.7 Å². The maximum atomic E-state index is 5.91. The molecule has 0 radical (unpaired) electrons. The topological polar surface area (TPSA) is 46.1 Å². The van der Waals surface area contributed by atoms with Gasteiger partial charge in [-0.15, -0.1) is 0 Å². The van der Waals surface area contributed by atoms with E-state index in [0.29, 0.717) is 0 Å². The Bertz CT molecular complexity index is 546. The number of morpholine rings is 1. The van der Waals surface area contributed by atoms with Gasteiger partial charge in [-0.3, -0.25) is 4.99 Å². The Hall–Kier alpha value is -1.11. The lowest BCUT2D eigenvalue weighted by molar-refractivity contribution is -0.0817. The molecule has 0 amide bonds. The lowest BCUT2D eigenvalue weighted by Crippen LogP contribution is -2.53. The van der Waals surface area contributed by atoms with Gasteiger partial charge in [0.05, 0.1) is 12.7 Å². The molecule has 126 valence electrons. The fourth-order valence-electron chi connectivity index (χ4n) is 3.15. The molecule has 1 aromatic carbocycles. The maximum absolute atomic E-state index is 5.91. The van der Waals surface area contributed by atoms with Crippen molar-refractivity contribution >= 4 is 21.9 Å². The van der Waals surface area contributed by atoms with Gasteiger partial charge in [-0.1, -0.05) is 28.1 Å². The van der Waals surface area contributed by atoms with Gasteiger partial charge in [-0.2, -0.15) is 0 Å². The Morgan fingerprint density at radius 2 is 2.22 bits per heavy atom. The van der Waals surface area contributed by atoms with E-state index in [1.165, 1.54) is 5.56 Å². The van der Waals surface area contributed by atoms with E-state index >= 15 is 0 Å². The summed E-state index contributed by atoms with van der Waals surface area (Å²) in [4.78, 5) is 6.71. The van der Waals surface area contributed by atoms with E-state index in [-0.39, 0.29) is 12.2 Å². The molecule has 2 aliphatic rings. The van der Waals surface area contributed by atoms with Crippen molar-refractivity contribution in [1.29, 1.82) is 0 Å². The summed E-state index contributed by atoms with van der Waals surface area (Å²) in [5.41, 5.74) is 1.23. The normalized spacial score (nSPS) is 25.7.